The molecule has 3 atom stereocenters. The second-order valence-electron chi connectivity index (χ2n) is 9.59. The fourth-order valence-corrected chi connectivity index (χ4v) is 5.23. The van der Waals surface area contributed by atoms with Crippen molar-refractivity contribution in [1.82, 2.24) is 24.4 Å². The largest absolute Gasteiger partial charge is 0.382 e. The summed E-state index contributed by atoms with van der Waals surface area (Å²) in [6, 6.07) is 0.707. The van der Waals surface area contributed by atoms with Gasteiger partial charge < -0.3 is 24.7 Å². The zero-order valence-electron chi connectivity index (χ0n) is 18.4. The summed E-state index contributed by atoms with van der Waals surface area (Å²) in [6.07, 6.45) is 5.43. The average molecular weight is 431 g/mol. The van der Waals surface area contributed by atoms with Crippen molar-refractivity contribution in [2.45, 2.75) is 76.3 Å². The number of aromatic nitrogens is 4. The molecule has 10 heteroatoms. The Morgan fingerprint density at radius 2 is 2.10 bits per heavy atom. The lowest BCUT2D eigenvalue weighted by Gasteiger charge is -2.44. The third-order valence-corrected chi connectivity index (χ3v) is 6.75. The first-order valence-corrected chi connectivity index (χ1v) is 10.9. The zero-order valence-corrected chi connectivity index (χ0v) is 18.4. The van der Waals surface area contributed by atoms with Gasteiger partial charge in [0.05, 0.1) is 12.9 Å². The van der Waals surface area contributed by atoms with Gasteiger partial charge in [-0.25, -0.2) is 15.0 Å². The standard InChI is InChI=1S/C21H30N6O4/c1-12(2)26(14-5-13(6-14)8-28)7-15-17-21(9-29-15,31-20(3,4)30-17)27-11-25-16-18(22)23-10-24-19(16)27/h8,10-15,17H,5-7,9H2,1-4H3,(H2,22,23,24)/t13?,14?,15-,17-,21-/m1/s1. The molecular formula is C21H30N6O4. The van der Waals surface area contributed by atoms with Crippen LogP contribution in [0.2, 0.25) is 0 Å². The molecule has 1 saturated carbocycles. The molecule has 2 aliphatic heterocycles. The molecule has 2 N–H and O–H groups in total. The molecule has 0 bridgehead atoms. The Kier molecular flexibility index (Phi) is 4.81. The Labute approximate surface area is 181 Å². The van der Waals surface area contributed by atoms with E-state index in [-0.39, 0.29) is 18.1 Å². The number of hydrogen-bond donors (Lipinski definition) is 1. The summed E-state index contributed by atoms with van der Waals surface area (Å²) in [5.74, 6) is -0.294. The first kappa shape index (κ1) is 20.7. The van der Waals surface area contributed by atoms with Crippen LogP contribution in [0.4, 0.5) is 5.82 Å². The lowest BCUT2D eigenvalue weighted by atomic mass is 9.79. The minimum Gasteiger partial charge on any atom is -0.382 e. The van der Waals surface area contributed by atoms with Gasteiger partial charge in [0.25, 0.3) is 0 Å². The van der Waals surface area contributed by atoms with Crippen LogP contribution >= 0.6 is 0 Å². The number of ether oxygens (including phenoxy) is 3. The molecule has 0 aromatic carbocycles. The number of imidazole rings is 1. The van der Waals surface area contributed by atoms with E-state index in [4.69, 9.17) is 19.9 Å². The fourth-order valence-electron chi connectivity index (χ4n) is 5.23. The minimum atomic E-state index is -0.892. The van der Waals surface area contributed by atoms with E-state index in [1.54, 1.807) is 6.33 Å². The van der Waals surface area contributed by atoms with Gasteiger partial charge in [-0.05, 0) is 40.5 Å². The number of aldehydes is 1. The van der Waals surface area contributed by atoms with E-state index in [0.29, 0.717) is 42.2 Å². The van der Waals surface area contributed by atoms with Crippen LogP contribution in [-0.2, 0) is 24.7 Å². The van der Waals surface area contributed by atoms with Crippen molar-refractivity contribution in [2.24, 2.45) is 5.92 Å². The van der Waals surface area contributed by atoms with Gasteiger partial charge in [-0.2, -0.15) is 0 Å². The fraction of sp³-hybridized carbons (Fsp3) is 0.714. The maximum absolute atomic E-state index is 11.1. The van der Waals surface area contributed by atoms with Gasteiger partial charge in [0.15, 0.2) is 17.3 Å². The van der Waals surface area contributed by atoms with E-state index in [0.717, 1.165) is 19.1 Å². The molecule has 2 aromatic heterocycles. The summed E-state index contributed by atoms with van der Waals surface area (Å²) in [5, 5.41) is 0. The van der Waals surface area contributed by atoms with E-state index in [1.165, 1.54) is 6.33 Å². The molecule has 0 unspecified atom stereocenters. The van der Waals surface area contributed by atoms with Crippen LogP contribution in [0.3, 0.4) is 0 Å². The van der Waals surface area contributed by atoms with E-state index in [1.807, 2.05) is 18.4 Å². The quantitative estimate of drug-likeness (QED) is 0.677. The van der Waals surface area contributed by atoms with Gasteiger partial charge in [-0.1, -0.05) is 0 Å². The minimum absolute atomic E-state index is 0.169. The summed E-state index contributed by atoms with van der Waals surface area (Å²) in [7, 11) is 0. The van der Waals surface area contributed by atoms with Gasteiger partial charge in [0.1, 0.15) is 30.3 Å². The summed E-state index contributed by atoms with van der Waals surface area (Å²) >= 11 is 0. The normalized spacial score (nSPS) is 34.4. The maximum atomic E-state index is 11.1. The van der Waals surface area contributed by atoms with Crippen LogP contribution in [0.1, 0.15) is 40.5 Å². The van der Waals surface area contributed by atoms with Gasteiger partial charge in [0.2, 0.25) is 5.72 Å². The van der Waals surface area contributed by atoms with Crippen molar-refractivity contribution in [1.29, 1.82) is 0 Å². The molecule has 2 saturated heterocycles. The van der Waals surface area contributed by atoms with Crippen LogP contribution in [0.5, 0.6) is 0 Å². The van der Waals surface area contributed by atoms with Gasteiger partial charge >= 0.3 is 0 Å². The topological polar surface area (TPSA) is 118 Å². The van der Waals surface area contributed by atoms with E-state index in [9.17, 15) is 4.79 Å². The van der Waals surface area contributed by atoms with Crippen molar-refractivity contribution in [3.63, 3.8) is 0 Å². The van der Waals surface area contributed by atoms with Gasteiger partial charge in [-0.15, -0.1) is 0 Å². The van der Waals surface area contributed by atoms with Crippen molar-refractivity contribution in [3.8, 4) is 0 Å². The van der Waals surface area contributed by atoms with Crippen LogP contribution in [0, 0.1) is 5.92 Å². The van der Waals surface area contributed by atoms with E-state index >= 15 is 0 Å². The number of fused-ring (bicyclic) bond motifs is 2. The first-order valence-electron chi connectivity index (χ1n) is 10.9. The third kappa shape index (κ3) is 3.24. The number of hydrogen-bond acceptors (Lipinski definition) is 9. The molecule has 3 fully saturated rings. The van der Waals surface area contributed by atoms with Crippen molar-refractivity contribution in [2.75, 3.05) is 18.9 Å². The molecule has 0 radical (unpaired) electrons. The second-order valence-corrected chi connectivity index (χ2v) is 9.59. The molecule has 0 amide bonds. The zero-order chi connectivity index (χ0) is 22.0. The Hall–Kier alpha value is -2.14. The number of anilines is 1. The van der Waals surface area contributed by atoms with Crippen LogP contribution in [0.25, 0.3) is 11.2 Å². The van der Waals surface area contributed by atoms with Crippen molar-refractivity contribution >= 4 is 23.3 Å². The first-order chi connectivity index (χ1) is 14.7. The van der Waals surface area contributed by atoms with Crippen LogP contribution in [0.15, 0.2) is 12.7 Å². The second kappa shape index (κ2) is 7.19. The molecule has 1 aliphatic carbocycles. The number of carbonyl (C=O) groups is 1. The monoisotopic (exact) mass is 430 g/mol. The number of carbonyl (C=O) groups excluding carboxylic acids is 1. The summed E-state index contributed by atoms with van der Waals surface area (Å²) < 4.78 is 21.0. The van der Waals surface area contributed by atoms with Gasteiger partial charge in [0, 0.05) is 24.5 Å². The summed E-state index contributed by atoms with van der Waals surface area (Å²) in [5.41, 5.74) is 6.23. The highest BCUT2D eigenvalue weighted by Crippen LogP contribution is 2.48. The number of nitrogens with two attached hydrogens (primary N) is 1. The predicted octanol–water partition coefficient (Wildman–Crippen LogP) is 1.30. The smallest absolute Gasteiger partial charge is 0.203 e. The van der Waals surface area contributed by atoms with E-state index in [2.05, 4.69) is 33.7 Å². The molecular weight excluding hydrogens is 400 g/mol. The highest BCUT2D eigenvalue weighted by molar-refractivity contribution is 5.81. The summed E-state index contributed by atoms with van der Waals surface area (Å²) in [6.45, 7) is 9.18. The highest BCUT2D eigenvalue weighted by Gasteiger charge is 2.63. The van der Waals surface area contributed by atoms with Crippen LogP contribution in [-0.4, -0.2) is 73.9 Å². The Morgan fingerprint density at radius 3 is 2.81 bits per heavy atom. The number of nitrogens with zero attached hydrogens (tertiary/aromatic N) is 5. The Balaban J connectivity index is 1.46. The van der Waals surface area contributed by atoms with Gasteiger partial charge in [-0.3, -0.25) is 9.47 Å². The molecule has 3 aliphatic rings. The maximum Gasteiger partial charge on any atom is 0.203 e. The predicted molar refractivity (Wildman–Crippen MR) is 112 cm³/mol. The number of nitrogen functional groups attached to an aromatic ring is 1. The molecule has 4 heterocycles. The molecule has 0 spiro atoms. The molecule has 168 valence electrons. The SMILES string of the molecule is CC(C)N(C[C@H]1OC[C@@]2(n3cnc4c(N)ncnc43)OC(C)(C)O[C@H]12)C1CC(C=O)C1. The van der Waals surface area contributed by atoms with E-state index < -0.39 is 11.5 Å². The molecule has 5 rings (SSSR count). The average Bonchev–Trinajstić information content (AvgIpc) is 3.31. The Bertz CT molecular complexity index is 987. The van der Waals surface area contributed by atoms with Crippen molar-refractivity contribution in [3.05, 3.63) is 12.7 Å². The molecule has 10 nitrogen and oxygen atoms in total. The van der Waals surface area contributed by atoms with Crippen molar-refractivity contribution < 1.29 is 19.0 Å². The Morgan fingerprint density at radius 1 is 1.32 bits per heavy atom. The lowest BCUT2D eigenvalue weighted by Crippen LogP contribution is -2.53. The molecule has 31 heavy (non-hydrogen) atoms. The van der Waals surface area contributed by atoms with Crippen LogP contribution < -0.4 is 5.73 Å². The molecule has 2 aromatic rings. The lowest BCUT2D eigenvalue weighted by molar-refractivity contribution is -0.206. The summed E-state index contributed by atoms with van der Waals surface area (Å²) in [4.78, 5) is 26.4. The third-order valence-electron chi connectivity index (χ3n) is 6.75. The highest BCUT2D eigenvalue weighted by atomic mass is 16.8. The number of rotatable bonds is 6.